The monoisotopic (exact) mass is 349 g/mol. The quantitative estimate of drug-likeness (QED) is 0.801. The van der Waals surface area contributed by atoms with Crippen LogP contribution < -0.4 is 5.32 Å². The molecule has 0 radical (unpaired) electrons. The molecule has 0 aliphatic carbocycles. The molecule has 0 unspecified atom stereocenters. The van der Waals surface area contributed by atoms with Crippen LogP contribution in [0.25, 0.3) is 0 Å². The average Bonchev–Trinajstić information content (AvgIpc) is 2.48. The van der Waals surface area contributed by atoms with E-state index in [1.807, 2.05) is 42.5 Å². The number of benzene rings is 2. The first kappa shape index (κ1) is 15.1. The summed E-state index contributed by atoms with van der Waals surface area (Å²) in [5.74, 6) is 0.532. The smallest absolute Gasteiger partial charge is 0.230 e. The average molecular weight is 350 g/mol. The molecule has 0 spiro atoms. The molecule has 20 heavy (non-hydrogen) atoms. The van der Waals surface area contributed by atoms with Crippen molar-refractivity contribution in [1.29, 1.82) is 0 Å². The molecule has 4 heteroatoms. The molecule has 2 rings (SSSR count). The number of halogens is 1. The van der Waals surface area contributed by atoms with Crippen molar-refractivity contribution in [2.75, 3.05) is 12.3 Å². The van der Waals surface area contributed by atoms with Crippen molar-refractivity contribution in [3.63, 3.8) is 0 Å². The number of thioether (sulfide) groups is 1. The molecule has 0 atom stereocenters. The highest BCUT2D eigenvalue weighted by atomic mass is 79.9. The van der Waals surface area contributed by atoms with Gasteiger partial charge in [-0.05, 0) is 36.2 Å². The minimum Gasteiger partial charge on any atom is -0.355 e. The van der Waals surface area contributed by atoms with Gasteiger partial charge in [0.2, 0.25) is 5.91 Å². The number of carbonyl (C=O) groups is 1. The SMILES string of the molecule is O=C(CSc1ccc(Br)cc1)NCCc1ccccc1. The number of nitrogens with one attached hydrogen (secondary N) is 1. The summed E-state index contributed by atoms with van der Waals surface area (Å²) in [5.41, 5.74) is 1.24. The van der Waals surface area contributed by atoms with Crippen LogP contribution in [0.3, 0.4) is 0 Å². The van der Waals surface area contributed by atoms with Crippen molar-refractivity contribution < 1.29 is 4.79 Å². The maximum Gasteiger partial charge on any atom is 0.230 e. The Morgan fingerprint density at radius 1 is 1.05 bits per heavy atom. The first-order chi connectivity index (χ1) is 9.74. The Labute approximate surface area is 132 Å². The Morgan fingerprint density at radius 2 is 1.75 bits per heavy atom. The Bertz CT molecular complexity index is 542. The van der Waals surface area contributed by atoms with Crippen LogP contribution in [-0.2, 0) is 11.2 Å². The second-order valence-electron chi connectivity index (χ2n) is 4.33. The third kappa shape index (κ3) is 5.39. The zero-order valence-corrected chi connectivity index (χ0v) is 13.4. The lowest BCUT2D eigenvalue weighted by atomic mass is 10.1. The summed E-state index contributed by atoms with van der Waals surface area (Å²) < 4.78 is 1.05. The predicted octanol–water partition coefficient (Wildman–Crippen LogP) is 3.90. The summed E-state index contributed by atoms with van der Waals surface area (Å²) in [6.45, 7) is 0.684. The molecule has 0 aliphatic heterocycles. The minimum absolute atomic E-state index is 0.0776. The number of rotatable bonds is 6. The summed E-state index contributed by atoms with van der Waals surface area (Å²) in [7, 11) is 0. The largest absolute Gasteiger partial charge is 0.355 e. The van der Waals surface area contributed by atoms with E-state index >= 15 is 0 Å². The Balaban J connectivity index is 1.67. The van der Waals surface area contributed by atoms with Crippen LogP contribution >= 0.6 is 27.7 Å². The van der Waals surface area contributed by atoms with E-state index in [4.69, 9.17) is 0 Å². The Morgan fingerprint density at radius 3 is 2.45 bits per heavy atom. The van der Waals surface area contributed by atoms with Crippen molar-refractivity contribution in [3.05, 3.63) is 64.6 Å². The summed E-state index contributed by atoms with van der Waals surface area (Å²) in [6.07, 6.45) is 0.871. The Kier molecular flexibility index (Phi) is 6.15. The number of carbonyl (C=O) groups excluding carboxylic acids is 1. The molecule has 104 valence electrons. The van der Waals surface area contributed by atoms with Gasteiger partial charge in [-0.3, -0.25) is 4.79 Å². The predicted molar refractivity (Wildman–Crippen MR) is 88.0 cm³/mol. The molecule has 0 aliphatic rings. The van der Waals surface area contributed by atoms with Crippen LogP contribution in [-0.4, -0.2) is 18.2 Å². The van der Waals surface area contributed by atoms with Crippen molar-refractivity contribution >= 4 is 33.6 Å². The lowest BCUT2D eigenvalue weighted by molar-refractivity contribution is -0.118. The van der Waals surface area contributed by atoms with E-state index in [9.17, 15) is 4.79 Å². The fourth-order valence-corrected chi connectivity index (χ4v) is 2.71. The van der Waals surface area contributed by atoms with Gasteiger partial charge in [-0.2, -0.15) is 0 Å². The van der Waals surface area contributed by atoms with Crippen LogP contribution in [0.1, 0.15) is 5.56 Å². The summed E-state index contributed by atoms with van der Waals surface area (Å²) in [5, 5.41) is 2.94. The molecule has 0 heterocycles. The molecule has 1 amide bonds. The van der Waals surface area contributed by atoms with E-state index in [-0.39, 0.29) is 5.91 Å². The maximum absolute atomic E-state index is 11.7. The molecule has 2 aromatic rings. The van der Waals surface area contributed by atoms with Crippen LogP contribution in [0.15, 0.2) is 64.0 Å². The fraction of sp³-hybridized carbons (Fsp3) is 0.188. The molecular weight excluding hydrogens is 334 g/mol. The third-order valence-corrected chi connectivity index (χ3v) is 4.30. The van der Waals surface area contributed by atoms with Crippen molar-refractivity contribution in [1.82, 2.24) is 5.32 Å². The van der Waals surface area contributed by atoms with Gasteiger partial charge in [0.1, 0.15) is 0 Å². The number of amides is 1. The number of hydrogen-bond acceptors (Lipinski definition) is 2. The normalized spacial score (nSPS) is 10.2. The topological polar surface area (TPSA) is 29.1 Å². The Hall–Kier alpha value is -1.26. The van der Waals surface area contributed by atoms with Crippen molar-refractivity contribution in [2.45, 2.75) is 11.3 Å². The second-order valence-corrected chi connectivity index (χ2v) is 6.29. The van der Waals surface area contributed by atoms with Gasteiger partial charge in [0.15, 0.2) is 0 Å². The van der Waals surface area contributed by atoms with Crippen LogP contribution in [0.2, 0.25) is 0 Å². The molecule has 0 aromatic heterocycles. The summed E-state index contributed by atoms with van der Waals surface area (Å²) >= 11 is 4.94. The van der Waals surface area contributed by atoms with E-state index in [0.717, 1.165) is 15.8 Å². The van der Waals surface area contributed by atoms with Gasteiger partial charge in [-0.1, -0.05) is 46.3 Å². The molecular formula is C16H16BrNOS. The number of hydrogen-bond donors (Lipinski definition) is 1. The molecule has 0 saturated carbocycles. The van der Waals surface area contributed by atoms with Gasteiger partial charge in [0.25, 0.3) is 0 Å². The highest BCUT2D eigenvalue weighted by Gasteiger charge is 2.02. The first-order valence-electron chi connectivity index (χ1n) is 6.43. The van der Waals surface area contributed by atoms with E-state index < -0.39 is 0 Å². The third-order valence-electron chi connectivity index (χ3n) is 2.76. The summed E-state index contributed by atoms with van der Waals surface area (Å²) in [6, 6.07) is 18.1. The van der Waals surface area contributed by atoms with E-state index in [1.54, 1.807) is 11.8 Å². The molecule has 2 aromatic carbocycles. The van der Waals surface area contributed by atoms with Gasteiger partial charge in [-0.25, -0.2) is 0 Å². The summed E-state index contributed by atoms with van der Waals surface area (Å²) in [4.78, 5) is 12.8. The highest BCUT2D eigenvalue weighted by Crippen LogP contribution is 2.20. The first-order valence-corrected chi connectivity index (χ1v) is 8.21. The molecule has 0 saturated heterocycles. The highest BCUT2D eigenvalue weighted by molar-refractivity contribution is 9.10. The van der Waals surface area contributed by atoms with Gasteiger partial charge in [0, 0.05) is 15.9 Å². The van der Waals surface area contributed by atoms with E-state index in [0.29, 0.717) is 12.3 Å². The van der Waals surface area contributed by atoms with Gasteiger partial charge in [0.05, 0.1) is 5.75 Å². The van der Waals surface area contributed by atoms with Crippen LogP contribution in [0, 0.1) is 0 Å². The van der Waals surface area contributed by atoms with Crippen LogP contribution in [0.5, 0.6) is 0 Å². The zero-order chi connectivity index (χ0) is 14.2. The molecule has 2 nitrogen and oxygen atoms in total. The lowest BCUT2D eigenvalue weighted by Crippen LogP contribution is -2.27. The molecule has 0 bridgehead atoms. The standard InChI is InChI=1S/C16H16BrNOS/c17-14-6-8-15(9-7-14)20-12-16(19)18-11-10-13-4-2-1-3-5-13/h1-9H,10-12H2,(H,18,19). The molecule has 1 N–H and O–H groups in total. The van der Waals surface area contributed by atoms with Crippen molar-refractivity contribution in [2.24, 2.45) is 0 Å². The van der Waals surface area contributed by atoms with E-state index in [1.165, 1.54) is 5.56 Å². The fourth-order valence-electron chi connectivity index (χ4n) is 1.72. The van der Waals surface area contributed by atoms with Gasteiger partial charge in [-0.15, -0.1) is 11.8 Å². The minimum atomic E-state index is 0.0776. The zero-order valence-electron chi connectivity index (χ0n) is 11.0. The molecule has 0 fully saturated rings. The van der Waals surface area contributed by atoms with Crippen LogP contribution in [0.4, 0.5) is 0 Å². The second kappa shape index (κ2) is 8.12. The lowest BCUT2D eigenvalue weighted by Gasteiger charge is -2.05. The van der Waals surface area contributed by atoms with Gasteiger partial charge < -0.3 is 5.32 Å². The maximum atomic E-state index is 11.7. The van der Waals surface area contributed by atoms with Crippen molar-refractivity contribution in [3.8, 4) is 0 Å². The van der Waals surface area contributed by atoms with E-state index in [2.05, 4.69) is 33.4 Å². The van der Waals surface area contributed by atoms with Gasteiger partial charge >= 0.3 is 0 Å².